The first-order chi connectivity index (χ1) is 14.1. The molecule has 0 bridgehead atoms. The van der Waals surface area contributed by atoms with Crippen molar-refractivity contribution in [2.75, 3.05) is 13.2 Å². The third kappa shape index (κ3) is 3.50. The van der Waals surface area contributed by atoms with Crippen LogP contribution in [0.1, 0.15) is 23.5 Å². The lowest BCUT2D eigenvalue weighted by Gasteiger charge is -2.35. The lowest BCUT2D eigenvalue weighted by molar-refractivity contribution is -0.384. The number of nitro benzene ring substituents is 1. The molecule has 8 nitrogen and oxygen atoms in total. The molecule has 0 saturated carbocycles. The van der Waals surface area contributed by atoms with Crippen molar-refractivity contribution in [3.63, 3.8) is 0 Å². The molecule has 0 N–H and O–H groups in total. The second-order valence-electron chi connectivity index (χ2n) is 6.74. The predicted molar refractivity (Wildman–Crippen MR) is 102 cm³/mol. The minimum Gasteiger partial charge on any atom is -0.469 e. The number of amides is 1. The number of rotatable bonds is 4. The van der Waals surface area contributed by atoms with Crippen LogP contribution < -0.4 is 0 Å². The Balaban J connectivity index is 1.79. The maximum atomic E-state index is 12.1. The average molecular weight is 391 g/mol. The minimum atomic E-state index is -0.600. The fourth-order valence-corrected chi connectivity index (χ4v) is 3.66. The van der Waals surface area contributed by atoms with Gasteiger partial charge in [0.25, 0.3) is 5.69 Å². The number of carbonyl (C=O) groups excluding carboxylic acids is 1. The van der Waals surface area contributed by atoms with E-state index < -0.39 is 17.2 Å². The summed E-state index contributed by atoms with van der Waals surface area (Å²) in [6, 6.07) is 17.6. The molecule has 0 aliphatic carbocycles. The highest BCUT2D eigenvalue weighted by Crippen LogP contribution is 2.42. The fourth-order valence-electron chi connectivity index (χ4n) is 3.66. The van der Waals surface area contributed by atoms with E-state index in [1.807, 2.05) is 30.3 Å². The second kappa shape index (κ2) is 7.64. The molecule has 1 fully saturated rings. The summed E-state index contributed by atoms with van der Waals surface area (Å²) < 4.78 is 11.2. The van der Waals surface area contributed by atoms with E-state index in [2.05, 4.69) is 6.07 Å². The van der Waals surface area contributed by atoms with E-state index in [1.165, 1.54) is 17.0 Å². The molecular formula is C21H17N3O5. The summed E-state index contributed by atoms with van der Waals surface area (Å²) in [4.78, 5) is 24.1. The van der Waals surface area contributed by atoms with Crippen molar-refractivity contribution < 1.29 is 19.2 Å². The van der Waals surface area contributed by atoms with E-state index in [9.17, 15) is 20.2 Å². The molecule has 0 radical (unpaired) electrons. The average Bonchev–Trinajstić information content (AvgIpc) is 3.19. The summed E-state index contributed by atoms with van der Waals surface area (Å²) in [5.74, 6) is 0.0376. The molecule has 1 saturated heterocycles. The largest absolute Gasteiger partial charge is 0.469 e. The highest BCUT2D eigenvalue weighted by molar-refractivity contribution is 5.72. The van der Waals surface area contributed by atoms with E-state index in [0.717, 1.165) is 11.1 Å². The van der Waals surface area contributed by atoms with Crippen molar-refractivity contribution in [2.24, 2.45) is 0 Å². The molecule has 1 amide bonds. The van der Waals surface area contributed by atoms with Crippen molar-refractivity contribution in [3.05, 3.63) is 81.4 Å². The van der Waals surface area contributed by atoms with Gasteiger partial charge in [-0.05, 0) is 5.56 Å². The van der Waals surface area contributed by atoms with Crippen LogP contribution in [0, 0.1) is 21.4 Å². The molecule has 8 heteroatoms. The van der Waals surface area contributed by atoms with Crippen LogP contribution in [0.2, 0.25) is 0 Å². The van der Waals surface area contributed by atoms with E-state index >= 15 is 0 Å². The molecule has 0 spiro atoms. The number of cyclic esters (lactones) is 1. The Hall–Kier alpha value is -3.86. The molecule has 2 aromatic carbocycles. The number of ether oxygens (including phenoxy) is 2. The van der Waals surface area contributed by atoms with Gasteiger partial charge in [-0.1, -0.05) is 42.5 Å². The molecule has 4 rings (SSSR count). The van der Waals surface area contributed by atoms with Crippen LogP contribution in [0.15, 0.2) is 60.2 Å². The van der Waals surface area contributed by atoms with Crippen molar-refractivity contribution in [1.82, 2.24) is 4.90 Å². The zero-order valence-corrected chi connectivity index (χ0v) is 15.4. The van der Waals surface area contributed by atoms with Gasteiger partial charge in [-0.3, -0.25) is 15.0 Å². The number of hydrogen-bond acceptors (Lipinski definition) is 6. The second-order valence-corrected chi connectivity index (χ2v) is 6.74. The van der Waals surface area contributed by atoms with E-state index in [4.69, 9.17) is 9.47 Å². The van der Waals surface area contributed by atoms with Crippen molar-refractivity contribution in [3.8, 4) is 6.07 Å². The van der Waals surface area contributed by atoms with Crippen LogP contribution in [0.5, 0.6) is 0 Å². The Bertz CT molecular complexity index is 1010. The Morgan fingerprint density at radius 3 is 2.45 bits per heavy atom. The van der Waals surface area contributed by atoms with Gasteiger partial charge in [0.05, 0.1) is 23.1 Å². The van der Waals surface area contributed by atoms with Gasteiger partial charge in [-0.25, -0.2) is 4.79 Å². The van der Waals surface area contributed by atoms with E-state index in [1.54, 1.807) is 12.1 Å². The van der Waals surface area contributed by atoms with Gasteiger partial charge < -0.3 is 9.47 Å². The topological polar surface area (TPSA) is 106 Å². The van der Waals surface area contributed by atoms with Gasteiger partial charge in [-0.2, -0.15) is 5.26 Å². The summed E-state index contributed by atoms with van der Waals surface area (Å²) in [5, 5.41) is 20.9. The molecule has 0 aromatic heterocycles. The summed E-state index contributed by atoms with van der Waals surface area (Å²) in [7, 11) is 0. The summed E-state index contributed by atoms with van der Waals surface area (Å²) in [6.45, 7) is 0.691. The Labute approximate surface area is 166 Å². The molecule has 2 aliphatic rings. The van der Waals surface area contributed by atoms with Gasteiger partial charge in [-0.15, -0.1) is 0 Å². The quantitative estimate of drug-likeness (QED) is 0.579. The molecule has 2 aliphatic heterocycles. The summed E-state index contributed by atoms with van der Waals surface area (Å²) >= 11 is 0. The Morgan fingerprint density at radius 2 is 1.86 bits per heavy atom. The molecular weight excluding hydrogens is 374 g/mol. The predicted octanol–water partition coefficient (Wildman–Crippen LogP) is 3.81. The smallest absolute Gasteiger partial charge is 0.412 e. The standard InChI is InChI=1S/C21H17N3O5/c22-13-18-17(14-6-8-16(9-7-14)24(26)27)12-19(23-10-11-28-21(23)25)29-20(18)15-4-2-1-3-5-15/h1-9,17,19H,10-12H2/t17-,19+/m1/s1. The number of carbonyl (C=O) groups is 1. The van der Waals surface area contributed by atoms with Crippen LogP contribution in [0.25, 0.3) is 5.76 Å². The highest BCUT2D eigenvalue weighted by Gasteiger charge is 2.39. The molecule has 146 valence electrons. The van der Waals surface area contributed by atoms with Gasteiger partial charge >= 0.3 is 6.09 Å². The normalized spacial score (nSPS) is 21.3. The lowest BCUT2D eigenvalue weighted by atomic mass is 9.84. The first kappa shape index (κ1) is 18.5. The van der Waals surface area contributed by atoms with Crippen LogP contribution in [0.3, 0.4) is 0 Å². The number of nitriles is 1. The number of hydrogen-bond donors (Lipinski definition) is 0. The Morgan fingerprint density at radius 1 is 1.14 bits per heavy atom. The van der Waals surface area contributed by atoms with E-state index in [-0.39, 0.29) is 18.2 Å². The molecule has 2 atom stereocenters. The monoisotopic (exact) mass is 391 g/mol. The first-order valence-corrected chi connectivity index (χ1v) is 9.12. The van der Waals surface area contributed by atoms with Crippen LogP contribution in [-0.2, 0) is 9.47 Å². The third-order valence-corrected chi connectivity index (χ3v) is 5.09. The molecule has 2 aromatic rings. The van der Waals surface area contributed by atoms with Crippen LogP contribution in [-0.4, -0.2) is 35.3 Å². The van der Waals surface area contributed by atoms with Crippen LogP contribution in [0.4, 0.5) is 10.5 Å². The van der Waals surface area contributed by atoms with Crippen LogP contribution >= 0.6 is 0 Å². The molecule has 0 unspecified atom stereocenters. The first-order valence-electron chi connectivity index (χ1n) is 9.12. The number of non-ortho nitro benzene ring substituents is 1. The van der Waals surface area contributed by atoms with Crippen molar-refractivity contribution in [1.29, 1.82) is 5.26 Å². The SMILES string of the molecule is N#CC1=C(c2ccccc2)O[C@H](N2CCOC2=O)C[C@@H]1c1ccc([N+](=O)[O-])cc1. The summed E-state index contributed by atoms with van der Waals surface area (Å²) in [5.41, 5.74) is 1.88. The van der Waals surface area contributed by atoms with Crippen molar-refractivity contribution >= 4 is 17.5 Å². The molecule has 2 heterocycles. The maximum absolute atomic E-state index is 12.1. The zero-order valence-electron chi connectivity index (χ0n) is 15.4. The van der Waals surface area contributed by atoms with Gasteiger partial charge in [0.1, 0.15) is 12.4 Å². The number of benzene rings is 2. The lowest BCUT2D eigenvalue weighted by Crippen LogP contribution is -2.41. The fraction of sp³-hybridized carbons (Fsp3) is 0.238. The highest BCUT2D eigenvalue weighted by atomic mass is 16.6. The summed E-state index contributed by atoms with van der Waals surface area (Å²) in [6.07, 6.45) is -0.700. The number of nitro groups is 1. The minimum absolute atomic E-state index is 0.0220. The third-order valence-electron chi connectivity index (χ3n) is 5.09. The maximum Gasteiger partial charge on any atom is 0.412 e. The number of allylic oxidation sites excluding steroid dienone is 1. The van der Waals surface area contributed by atoms with Gasteiger partial charge in [0, 0.05) is 30.0 Å². The molecule has 29 heavy (non-hydrogen) atoms. The van der Waals surface area contributed by atoms with Gasteiger partial charge in [0.15, 0.2) is 6.23 Å². The number of nitrogens with zero attached hydrogens (tertiary/aromatic N) is 3. The van der Waals surface area contributed by atoms with E-state index in [0.29, 0.717) is 24.3 Å². The Kier molecular flexibility index (Phi) is 4.87. The zero-order chi connectivity index (χ0) is 20.4. The van der Waals surface area contributed by atoms with Crippen molar-refractivity contribution in [2.45, 2.75) is 18.6 Å². The van der Waals surface area contributed by atoms with Gasteiger partial charge in [0.2, 0.25) is 0 Å².